The average Bonchev–Trinajstić information content (AvgIpc) is 3.02. The van der Waals surface area contributed by atoms with Gasteiger partial charge in [-0.05, 0) is 25.6 Å². The van der Waals surface area contributed by atoms with Gasteiger partial charge in [-0.3, -0.25) is 9.88 Å². The van der Waals surface area contributed by atoms with Gasteiger partial charge in [-0.2, -0.15) is 13.2 Å². The van der Waals surface area contributed by atoms with E-state index in [2.05, 4.69) is 15.1 Å². The van der Waals surface area contributed by atoms with Gasteiger partial charge < -0.3 is 4.57 Å². The smallest absolute Gasteiger partial charge is 0.347 e. The van der Waals surface area contributed by atoms with Crippen LogP contribution >= 0.6 is 0 Å². The fourth-order valence-electron chi connectivity index (χ4n) is 3.74. The molecule has 2 aromatic heterocycles. The maximum Gasteiger partial charge on any atom is 0.435 e. The first-order valence-electron chi connectivity index (χ1n) is 10.4. The van der Waals surface area contributed by atoms with Crippen LogP contribution in [0, 0.1) is 5.41 Å². The highest BCUT2D eigenvalue weighted by atomic mass is 32.2. The van der Waals surface area contributed by atoms with Crippen molar-refractivity contribution < 1.29 is 30.4 Å². The molecule has 194 valence electrons. The molecule has 0 saturated carbocycles. The Kier molecular flexibility index (Phi) is 8.95. The lowest BCUT2D eigenvalue weighted by Gasteiger charge is -2.23. The summed E-state index contributed by atoms with van der Waals surface area (Å²) in [6, 6.07) is 3.50. The first kappa shape index (κ1) is 28.6. The summed E-state index contributed by atoms with van der Waals surface area (Å²) in [5, 5.41) is 4.64. The normalized spacial score (nSPS) is 13.4. The molecule has 13 heteroatoms. The van der Waals surface area contributed by atoms with Crippen LogP contribution in [0.15, 0.2) is 36.8 Å². The first-order valence-corrected chi connectivity index (χ1v) is 11.6. The molecule has 3 aromatic rings. The molecule has 0 aliphatic carbocycles. The Balaban J connectivity index is 0.00000100. The Morgan fingerprint density at radius 3 is 2.14 bits per heavy atom. The Morgan fingerprint density at radius 2 is 1.66 bits per heavy atom. The fourth-order valence-corrected chi connectivity index (χ4v) is 3.74. The van der Waals surface area contributed by atoms with Crippen molar-refractivity contribution >= 4 is 21.8 Å². The number of nitrogens with zero attached hydrogens (tertiary/aromatic N) is 4. The predicted molar refractivity (Wildman–Crippen MR) is 124 cm³/mol. The average molecular weight is 522 g/mol. The molecule has 0 fully saturated rings. The number of nitrogens with two attached hydrogens (primary N) is 1. The lowest BCUT2D eigenvalue weighted by atomic mass is 9.97. The van der Waals surface area contributed by atoms with Crippen LogP contribution in [0.3, 0.4) is 0 Å². The number of hydrogen-bond acceptors (Lipinski definition) is 5. The molecule has 0 aliphatic rings. The lowest BCUT2D eigenvalue weighted by Crippen LogP contribution is -2.26. The number of thiol groups is 1. The summed E-state index contributed by atoms with van der Waals surface area (Å²) in [6.45, 7) is 6.51. The summed E-state index contributed by atoms with van der Waals surface area (Å²) >= 11 is 0. The van der Waals surface area contributed by atoms with E-state index in [1.54, 1.807) is 32.4 Å². The van der Waals surface area contributed by atoms with Crippen molar-refractivity contribution in [1.29, 1.82) is 0 Å². The van der Waals surface area contributed by atoms with E-state index in [4.69, 9.17) is 8.42 Å². The van der Waals surface area contributed by atoms with Crippen LogP contribution in [0.5, 0.6) is 0 Å². The zero-order valence-electron chi connectivity index (χ0n) is 19.8. The fraction of sp³-hybridized carbons (Fsp3) is 0.455. The minimum atomic E-state index is -4.66. The molecule has 0 radical (unpaired) electrons. The molecule has 2 N–H and O–H groups in total. The standard InChI is InChI=1S/C22H25F5N4.H3NO2S/c1-21(2,3)12-31-11-15(18(20(23)24)30(4)5)14-7-6-13(10-16(14)31)17-19(22(25,26)27)29-9-8-28-17;1-4(2)3/h6-11,18,20H,12H2,1-5H3;4H,(H2,1,2,3). The third-order valence-corrected chi connectivity index (χ3v) is 4.91. The highest BCUT2D eigenvalue weighted by Gasteiger charge is 2.36. The minimum Gasteiger partial charge on any atom is -0.347 e. The van der Waals surface area contributed by atoms with Crippen LogP contribution in [-0.4, -0.2) is 48.4 Å². The van der Waals surface area contributed by atoms with E-state index in [-0.39, 0.29) is 16.7 Å². The number of halogens is 5. The van der Waals surface area contributed by atoms with Gasteiger partial charge in [0, 0.05) is 47.2 Å². The van der Waals surface area contributed by atoms with E-state index in [9.17, 15) is 22.0 Å². The second-order valence-corrected chi connectivity index (χ2v) is 9.86. The van der Waals surface area contributed by atoms with Crippen LogP contribution in [0.4, 0.5) is 22.0 Å². The number of alkyl halides is 5. The number of rotatable bonds is 5. The molecule has 3 rings (SSSR count). The van der Waals surface area contributed by atoms with Crippen molar-refractivity contribution in [2.45, 2.75) is 46.0 Å². The molecule has 35 heavy (non-hydrogen) atoms. The van der Waals surface area contributed by atoms with Crippen LogP contribution in [0.25, 0.3) is 22.2 Å². The van der Waals surface area contributed by atoms with Gasteiger partial charge in [0.15, 0.2) is 16.6 Å². The molecule has 1 unspecified atom stereocenters. The summed E-state index contributed by atoms with van der Waals surface area (Å²) in [7, 11) is 0.533. The SMILES string of the molecule is CN(C)C(c1cn(CC(C)(C)C)c2cc(-c3nccnc3C(F)(F)F)ccc12)C(F)F.N[SH](=O)=O. The number of fused-ring (bicyclic) bond motifs is 1. The maximum absolute atomic E-state index is 13.8. The largest absolute Gasteiger partial charge is 0.435 e. The number of aromatic nitrogens is 3. The molecule has 0 bridgehead atoms. The molecule has 0 saturated heterocycles. The zero-order valence-corrected chi connectivity index (χ0v) is 20.7. The van der Waals surface area contributed by atoms with Gasteiger partial charge in [0.1, 0.15) is 5.69 Å². The second-order valence-electron chi connectivity index (χ2n) is 9.28. The Hall–Kier alpha value is -2.64. The molecular formula is C22H28F5N5O2S. The van der Waals surface area contributed by atoms with Crippen molar-refractivity contribution in [3.63, 3.8) is 0 Å². The molecular weight excluding hydrogens is 493 g/mol. The van der Waals surface area contributed by atoms with Gasteiger partial charge in [0.05, 0.1) is 6.04 Å². The molecule has 0 aliphatic heterocycles. The van der Waals surface area contributed by atoms with Crippen molar-refractivity contribution in [2.75, 3.05) is 14.1 Å². The number of hydrogen-bond donors (Lipinski definition) is 2. The van der Waals surface area contributed by atoms with E-state index in [1.165, 1.54) is 17.2 Å². The third kappa shape index (κ3) is 7.42. The summed E-state index contributed by atoms with van der Waals surface area (Å²) in [5.74, 6) is 0. The van der Waals surface area contributed by atoms with Crippen LogP contribution in [0.2, 0.25) is 0 Å². The van der Waals surface area contributed by atoms with E-state index in [0.29, 0.717) is 23.0 Å². The molecule has 1 aromatic carbocycles. The number of benzene rings is 1. The van der Waals surface area contributed by atoms with Crippen molar-refractivity contribution in [3.05, 3.63) is 48.0 Å². The summed E-state index contributed by atoms with van der Waals surface area (Å²) < 4.78 is 87.5. The lowest BCUT2D eigenvalue weighted by molar-refractivity contribution is -0.140. The Bertz CT molecular complexity index is 1220. The monoisotopic (exact) mass is 521 g/mol. The van der Waals surface area contributed by atoms with E-state index in [1.807, 2.05) is 25.3 Å². The minimum absolute atomic E-state index is 0.179. The van der Waals surface area contributed by atoms with E-state index >= 15 is 0 Å². The van der Waals surface area contributed by atoms with Gasteiger partial charge in [-0.15, -0.1) is 0 Å². The Morgan fingerprint density at radius 1 is 1.09 bits per heavy atom. The van der Waals surface area contributed by atoms with E-state index < -0.39 is 35.2 Å². The van der Waals surface area contributed by atoms with Crippen molar-refractivity contribution in [1.82, 2.24) is 19.4 Å². The van der Waals surface area contributed by atoms with Crippen molar-refractivity contribution in [3.8, 4) is 11.3 Å². The van der Waals surface area contributed by atoms with Crippen molar-refractivity contribution in [2.24, 2.45) is 10.6 Å². The molecule has 0 amide bonds. The molecule has 1 atom stereocenters. The van der Waals surface area contributed by atoms with Gasteiger partial charge in [0.25, 0.3) is 6.43 Å². The van der Waals surface area contributed by atoms with Gasteiger partial charge in [-0.25, -0.2) is 27.3 Å². The van der Waals surface area contributed by atoms with Gasteiger partial charge >= 0.3 is 6.18 Å². The highest BCUT2D eigenvalue weighted by Crippen LogP contribution is 2.38. The first-order chi connectivity index (χ1) is 16.0. The van der Waals surface area contributed by atoms with E-state index in [0.717, 1.165) is 6.20 Å². The second kappa shape index (κ2) is 11.0. The topological polar surface area (TPSA) is 94.1 Å². The van der Waals surface area contributed by atoms with Gasteiger partial charge in [-0.1, -0.05) is 32.9 Å². The predicted octanol–water partition coefficient (Wildman–Crippen LogP) is 4.50. The molecule has 0 spiro atoms. The van der Waals surface area contributed by atoms with Crippen LogP contribution < -0.4 is 5.14 Å². The Labute approximate surface area is 201 Å². The van der Waals surface area contributed by atoms with Gasteiger partial charge in [0.2, 0.25) is 0 Å². The summed E-state index contributed by atoms with van der Waals surface area (Å²) in [5.41, 5.74) is -0.315. The maximum atomic E-state index is 13.8. The highest BCUT2D eigenvalue weighted by molar-refractivity contribution is 7.69. The molecule has 2 heterocycles. The molecule has 7 nitrogen and oxygen atoms in total. The third-order valence-electron chi connectivity index (χ3n) is 4.91. The quantitative estimate of drug-likeness (QED) is 0.381. The van der Waals surface area contributed by atoms with Crippen LogP contribution in [0.1, 0.15) is 38.1 Å². The van der Waals surface area contributed by atoms with Crippen LogP contribution in [-0.2, 0) is 23.6 Å². The summed E-state index contributed by atoms with van der Waals surface area (Å²) in [6.07, 6.45) is -3.41. The summed E-state index contributed by atoms with van der Waals surface area (Å²) in [4.78, 5) is 8.82. The zero-order chi connectivity index (χ0) is 26.7.